The first kappa shape index (κ1) is 20.8. The van der Waals surface area contributed by atoms with Crippen molar-refractivity contribution in [3.8, 4) is 0 Å². The van der Waals surface area contributed by atoms with Crippen molar-refractivity contribution < 1.29 is 9.13 Å². The lowest BCUT2D eigenvalue weighted by atomic mass is 10.2. The number of hydrogen-bond acceptors (Lipinski definition) is 10. The molecule has 0 spiro atoms. The molecule has 1 aliphatic heterocycles. The van der Waals surface area contributed by atoms with Crippen LogP contribution in [0.15, 0.2) is 18.5 Å². The Labute approximate surface area is 178 Å². The van der Waals surface area contributed by atoms with Crippen LogP contribution in [-0.2, 0) is 4.74 Å². The van der Waals surface area contributed by atoms with Gasteiger partial charge in [0, 0.05) is 18.3 Å². The summed E-state index contributed by atoms with van der Waals surface area (Å²) in [4.78, 5) is 23.9. The van der Waals surface area contributed by atoms with Crippen molar-refractivity contribution in [3.05, 3.63) is 35.8 Å². The Morgan fingerprint density at radius 1 is 1.26 bits per heavy atom. The summed E-state index contributed by atoms with van der Waals surface area (Å²) < 4.78 is 18.8. The summed E-state index contributed by atoms with van der Waals surface area (Å²) in [6.07, 6.45) is 3.16. The summed E-state index contributed by atoms with van der Waals surface area (Å²) in [6, 6.07) is 1.68. The molecule has 164 valence electrons. The van der Waals surface area contributed by atoms with Crippen LogP contribution in [0.4, 0.5) is 28.1 Å². The highest BCUT2D eigenvalue weighted by molar-refractivity contribution is 5.53. The van der Waals surface area contributed by atoms with Gasteiger partial charge in [0.2, 0.25) is 17.8 Å². The Kier molecular flexibility index (Phi) is 6.16. The highest BCUT2D eigenvalue weighted by Gasteiger charge is 2.25. The van der Waals surface area contributed by atoms with E-state index in [9.17, 15) is 4.39 Å². The third kappa shape index (κ3) is 5.02. The number of ether oxygens (including phenoxy) is 1. The highest BCUT2D eigenvalue weighted by Crippen LogP contribution is 2.23. The number of hydrogen-bond donors (Lipinski definition) is 3. The molecule has 4 rings (SSSR count). The lowest BCUT2D eigenvalue weighted by Crippen LogP contribution is -2.46. The molecule has 11 nitrogen and oxygen atoms in total. The van der Waals surface area contributed by atoms with Gasteiger partial charge in [0.25, 0.3) is 0 Å². The maximum Gasteiger partial charge on any atom is 0.235 e. The topological polar surface area (TPSA) is 130 Å². The summed E-state index contributed by atoms with van der Waals surface area (Å²) in [7, 11) is 0. The van der Waals surface area contributed by atoms with Crippen LogP contribution in [0.5, 0.6) is 0 Å². The fourth-order valence-electron chi connectivity index (χ4n) is 3.27. The molecule has 3 N–H and O–H groups in total. The lowest BCUT2D eigenvalue weighted by molar-refractivity contribution is 0.0921. The number of aromatic nitrogens is 7. The summed E-state index contributed by atoms with van der Waals surface area (Å²) in [6.45, 7) is 7.77. The summed E-state index contributed by atoms with van der Waals surface area (Å²) >= 11 is 0. The third-order valence-corrected chi connectivity index (χ3v) is 4.90. The predicted octanol–water partition coefficient (Wildman–Crippen LogP) is 2.36. The van der Waals surface area contributed by atoms with Crippen LogP contribution in [0.25, 0.3) is 0 Å². The van der Waals surface area contributed by atoms with Crippen LogP contribution in [0, 0.1) is 12.7 Å². The minimum Gasteiger partial charge on any atom is -0.377 e. The van der Waals surface area contributed by atoms with Crippen molar-refractivity contribution >= 4 is 23.7 Å². The molecule has 1 saturated heterocycles. The Hall–Kier alpha value is -3.41. The van der Waals surface area contributed by atoms with Gasteiger partial charge in [0.15, 0.2) is 11.6 Å². The molecule has 0 saturated carbocycles. The lowest BCUT2D eigenvalue weighted by Gasteiger charge is -2.35. The van der Waals surface area contributed by atoms with Gasteiger partial charge in [-0.15, -0.1) is 0 Å². The second-order valence-electron chi connectivity index (χ2n) is 7.30. The largest absolute Gasteiger partial charge is 0.377 e. The van der Waals surface area contributed by atoms with E-state index in [-0.39, 0.29) is 12.1 Å². The van der Waals surface area contributed by atoms with Gasteiger partial charge >= 0.3 is 0 Å². The molecule has 1 aliphatic rings. The molecule has 3 aromatic rings. The first-order valence-electron chi connectivity index (χ1n) is 10.1. The highest BCUT2D eigenvalue weighted by atomic mass is 19.1. The van der Waals surface area contributed by atoms with Crippen LogP contribution in [0.3, 0.4) is 0 Å². The molecular formula is C19H25FN10O. The van der Waals surface area contributed by atoms with E-state index >= 15 is 0 Å². The van der Waals surface area contributed by atoms with Gasteiger partial charge in [-0.05, 0) is 20.3 Å². The van der Waals surface area contributed by atoms with Crippen molar-refractivity contribution in [1.82, 2.24) is 35.1 Å². The van der Waals surface area contributed by atoms with Crippen LogP contribution in [0.1, 0.15) is 37.8 Å². The van der Waals surface area contributed by atoms with Crippen LogP contribution < -0.4 is 15.5 Å². The number of rotatable bonds is 7. The molecule has 2 atom stereocenters. The molecular weight excluding hydrogens is 403 g/mol. The van der Waals surface area contributed by atoms with E-state index in [1.54, 1.807) is 0 Å². The van der Waals surface area contributed by atoms with Crippen molar-refractivity contribution in [2.45, 2.75) is 39.3 Å². The van der Waals surface area contributed by atoms with E-state index in [1.807, 2.05) is 19.9 Å². The third-order valence-electron chi connectivity index (χ3n) is 4.90. The Morgan fingerprint density at radius 2 is 2.03 bits per heavy atom. The predicted molar refractivity (Wildman–Crippen MR) is 113 cm³/mol. The molecule has 12 heteroatoms. The maximum absolute atomic E-state index is 13.2. The molecule has 31 heavy (non-hydrogen) atoms. The zero-order valence-corrected chi connectivity index (χ0v) is 17.6. The average Bonchev–Trinajstić information content (AvgIpc) is 3.18. The number of morpholine rings is 1. The van der Waals surface area contributed by atoms with E-state index in [1.165, 1.54) is 0 Å². The molecule has 0 radical (unpaired) electrons. The quantitative estimate of drug-likeness (QED) is 0.515. The standard InChI is InChI=1S/C19H25FN10O/c1-4-14-10-31-6-5-30(14)19-26-17(23-12(3)16-21-8-13(20)9-22-16)25-18(27-19)24-15-7-11(2)28-29-15/h7-9,12,14H,4-6,10H2,1-3H3,(H3,23,24,25,26,27,28,29)/t12-,14?/m0/s1. The Morgan fingerprint density at radius 3 is 2.74 bits per heavy atom. The zero-order valence-electron chi connectivity index (χ0n) is 17.6. The fourth-order valence-corrected chi connectivity index (χ4v) is 3.27. The van der Waals surface area contributed by atoms with Crippen LogP contribution >= 0.6 is 0 Å². The molecule has 0 amide bonds. The number of aryl methyl sites for hydroxylation is 1. The summed E-state index contributed by atoms with van der Waals surface area (Å²) in [5.74, 6) is 1.78. The van der Waals surface area contributed by atoms with Gasteiger partial charge in [0.1, 0.15) is 5.82 Å². The normalized spacial score (nSPS) is 17.4. The van der Waals surface area contributed by atoms with Crippen LogP contribution in [-0.4, -0.2) is 60.9 Å². The van der Waals surface area contributed by atoms with Crippen molar-refractivity contribution in [3.63, 3.8) is 0 Å². The second kappa shape index (κ2) is 9.16. The minimum atomic E-state index is -0.489. The zero-order chi connectivity index (χ0) is 21.8. The van der Waals surface area contributed by atoms with Gasteiger partial charge in [-0.1, -0.05) is 6.92 Å². The number of aromatic amines is 1. The van der Waals surface area contributed by atoms with Crippen molar-refractivity contribution in [2.75, 3.05) is 35.3 Å². The summed E-state index contributed by atoms with van der Waals surface area (Å²) in [5.41, 5.74) is 0.913. The number of nitrogens with zero attached hydrogens (tertiary/aromatic N) is 7. The number of anilines is 4. The smallest absolute Gasteiger partial charge is 0.235 e. The Balaban J connectivity index is 1.64. The minimum absolute atomic E-state index is 0.169. The van der Waals surface area contributed by atoms with E-state index in [0.29, 0.717) is 49.2 Å². The van der Waals surface area contributed by atoms with Gasteiger partial charge in [-0.2, -0.15) is 20.1 Å². The average molecular weight is 428 g/mol. The molecule has 4 heterocycles. The van der Waals surface area contributed by atoms with Gasteiger partial charge < -0.3 is 20.3 Å². The number of halogens is 1. The van der Waals surface area contributed by atoms with E-state index in [0.717, 1.165) is 24.5 Å². The second-order valence-corrected chi connectivity index (χ2v) is 7.30. The maximum atomic E-state index is 13.2. The molecule has 3 aromatic heterocycles. The van der Waals surface area contributed by atoms with Gasteiger partial charge in [-0.25, -0.2) is 14.4 Å². The van der Waals surface area contributed by atoms with E-state index in [4.69, 9.17) is 4.74 Å². The fraction of sp³-hybridized carbons (Fsp3) is 0.474. The molecule has 0 bridgehead atoms. The molecule has 1 unspecified atom stereocenters. The number of nitrogens with one attached hydrogen (secondary N) is 3. The number of H-pyrrole nitrogens is 1. The molecule has 0 aliphatic carbocycles. The molecule has 1 fully saturated rings. The SMILES string of the molecule is CCC1COCCN1c1nc(Nc2cc(C)[nH]n2)nc(N[C@@H](C)c2ncc(F)cn2)n1. The monoisotopic (exact) mass is 428 g/mol. The Bertz CT molecular complexity index is 1010. The van der Waals surface area contributed by atoms with Crippen LogP contribution in [0.2, 0.25) is 0 Å². The molecule has 0 aromatic carbocycles. The first-order chi connectivity index (χ1) is 15.0. The summed E-state index contributed by atoms with van der Waals surface area (Å²) in [5, 5.41) is 13.4. The van der Waals surface area contributed by atoms with Crippen molar-refractivity contribution in [1.29, 1.82) is 0 Å². The first-order valence-corrected chi connectivity index (χ1v) is 10.1. The van der Waals surface area contributed by atoms with Crippen molar-refractivity contribution in [2.24, 2.45) is 0 Å². The van der Waals surface area contributed by atoms with Gasteiger partial charge in [-0.3, -0.25) is 5.10 Å². The van der Waals surface area contributed by atoms with E-state index in [2.05, 4.69) is 57.6 Å². The van der Waals surface area contributed by atoms with Gasteiger partial charge in [0.05, 0.1) is 37.7 Å². The van der Waals surface area contributed by atoms with E-state index < -0.39 is 5.82 Å².